The quantitative estimate of drug-likeness (QED) is 0.886. The molecule has 3 nitrogen and oxygen atoms in total. The molecule has 1 aliphatic carbocycles. The van der Waals surface area contributed by atoms with Crippen LogP contribution in [0, 0.1) is 5.41 Å². The molecule has 0 spiro atoms. The summed E-state index contributed by atoms with van der Waals surface area (Å²) in [6, 6.07) is 17.8. The Bertz CT molecular complexity index is 643. The van der Waals surface area contributed by atoms with Crippen LogP contribution in [0.5, 0.6) is 0 Å². The summed E-state index contributed by atoms with van der Waals surface area (Å²) in [5, 5.41) is 12.6. The van der Waals surface area contributed by atoms with Crippen LogP contribution in [0.2, 0.25) is 0 Å². The zero-order chi connectivity index (χ0) is 16.1. The van der Waals surface area contributed by atoms with Crippen molar-refractivity contribution in [2.45, 2.75) is 25.7 Å². The van der Waals surface area contributed by atoms with Crippen molar-refractivity contribution < 1.29 is 9.90 Å². The van der Waals surface area contributed by atoms with Gasteiger partial charge >= 0.3 is 0 Å². The van der Waals surface area contributed by atoms with E-state index in [9.17, 15) is 9.90 Å². The van der Waals surface area contributed by atoms with Gasteiger partial charge in [-0.3, -0.25) is 4.79 Å². The second kappa shape index (κ2) is 6.97. The molecule has 2 aromatic carbocycles. The van der Waals surface area contributed by atoms with Gasteiger partial charge in [-0.15, -0.1) is 0 Å². The number of carbonyl (C=O) groups excluding carboxylic acids is 1. The Morgan fingerprint density at radius 1 is 0.957 bits per heavy atom. The number of aliphatic hydroxyl groups is 1. The third-order valence-electron chi connectivity index (χ3n) is 4.88. The number of rotatable bonds is 5. The van der Waals surface area contributed by atoms with E-state index < -0.39 is 0 Å². The Hall–Kier alpha value is -2.13. The number of hydrogen-bond donors (Lipinski definition) is 2. The maximum absolute atomic E-state index is 12.3. The first-order valence-corrected chi connectivity index (χ1v) is 8.27. The lowest BCUT2D eigenvalue weighted by molar-refractivity contribution is 0.0880. The lowest BCUT2D eigenvalue weighted by atomic mass is 9.87. The average Bonchev–Trinajstić information content (AvgIpc) is 3.10. The van der Waals surface area contributed by atoms with Gasteiger partial charge in [0.2, 0.25) is 0 Å². The summed E-state index contributed by atoms with van der Waals surface area (Å²) in [4.78, 5) is 12.3. The topological polar surface area (TPSA) is 49.3 Å². The van der Waals surface area contributed by atoms with Crippen molar-refractivity contribution in [3.05, 3.63) is 60.2 Å². The molecule has 1 saturated carbocycles. The highest BCUT2D eigenvalue weighted by atomic mass is 16.3. The van der Waals surface area contributed by atoms with E-state index >= 15 is 0 Å². The van der Waals surface area contributed by atoms with Gasteiger partial charge in [0.05, 0.1) is 6.61 Å². The molecular weight excluding hydrogens is 286 g/mol. The van der Waals surface area contributed by atoms with Gasteiger partial charge < -0.3 is 10.4 Å². The molecule has 2 N–H and O–H groups in total. The molecule has 2 aromatic rings. The second-order valence-corrected chi connectivity index (χ2v) is 6.49. The number of amides is 1. The Morgan fingerprint density at radius 2 is 1.57 bits per heavy atom. The van der Waals surface area contributed by atoms with Gasteiger partial charge in [-0.1, -0.05) is 55.3 Å². The van der Waals surface area contributed by atoms with Gasteiger partial charge in [0.25, 0.3) is 5.91 Å². The number of aliphatic hydroxyl groups excluding tert-OH is 1. The number of nitrogens with one attached hydrogen (secondary N) is 1. The van der Waals surface area contributed by atoms with Crippen LogP contribution in [0.1, 0.15) is 36.0 Å². The van der Waals surface area contributed by atoms with Crippen LogP contribution in [0.15, 0.2) is 54.6 Å². The minimum absolute atomic E-state index is 0.0654. The fraction of sp³-hybridized carbons (Fsp3) is 0.350. The molecule has 0 aromatic heterocycles. The maximum atomic E-state index is 12.3. The second-order valence-electron chi connectivity index (χ2n) is 6.49. The van der Waals surface area contributed by atoms with Crippen molar-refractivity contribution >= 4 is 5.91 Å². The smallest absolute Gasteiger partial charge is 0.251 e. The van der Waals surface area contributed by atoms with Crippen LogP contribution in [0.4, 0.5) is 0 Å². The molecule has 0 saturated heterocycles. The minimum Gasteiger partial charge on any atom is -0.396 e. The lowest BCUT2D eigenvalue weighted by Crippen LogP contribution is -2.38. The molecule has 1 aliphatic rings. The first-order valence-electron chi connectivity index (χ1n) is 8.27. The first-order chi connectivity index (χ1) is 11.2. The highest BCUT2D eigenvalue weighted by Crippen LogP contribution is 2.36. The number of carbonyl (C=O) groups is 1. The Kier molecular flexibility index (Phi) is 4.77. The van der Waals surface area contributed by atoms with Crippen molar-refractivity contribution in [1.29, 1.82) is 0 Å². The Balaban J connectivity index is 1.64. The predicted molar refractivity (Wildman–Crippen MR) is 92.2 cm³/mol. The zero-order valence-electron chi connectivity index (χ0n) is 13.3. The average molecular weight is 309 g/mol. The fourth-order valence-corrected chi connectivity index (χ4v) is 3.33. The normalized spacial score (nSPS) is 16.2. The third-order valence-corrected chi connectivity index (χ3v) is 4.88. The predicted octanol–water partition coefficient (Wildman–Crippen LogP) is 3.64. The van der Waals surface area contributed by atoms with Crippen LogP contribution < -0.4 is 5.32 Å². The summed E-state index contributed by atoms with van der Waals surface area (Å²) in [5.74, 6) is -0.0654. The first kappa shape index (κ1) is 15.8. The van der Waals surface area contributed by atoms with Crippen LogP contribution in [0.25, 0.3) is 11.1 Å². The standard InChI is InChI=1S/C20H23NO2/c22-15-20(12-4-5-13-20)14-21-19(23)18-10-8-17(9-11-18)16-6-2-1-3-7-16/h1-3,6-11,22H,4-5,12-15H2,(H,21,23). The molecule has 3 rings (SSSR count). The molecule has 23 heavy (non-hydrogen) atoms. The van der Waals surface area contributed by atoms with Crippen LogP contribution in [-0.4, -0.2) is 24.2 Å². The van der Waals surface area contributed by atoms with E-state index in [-0.39, 0.29) is 17.9 Å². The van der Waals surface area contributed by atoms with Crippen molar-refractivity contribution in [2.24, 2.45) is 5.41 Å². The third kappa shape index (κ3) is 3.62. The molecule has 0 unspecified atom stereocenters. The van der Waals surface area contributed by atoms with Crippen LogP contribution in [-0.2, 0) is 0 Å². The molecular formula is C20H23NO2. The number of hydrogen-bond acceptors (Lipinski definition) is 2. The Morgan fingerprint density at radius 3 is 2.17 bits per heavy atom. The molecule has 1 amide bonds. The van der Waals surface area contributed by atoms with E-state index in [4.69, 9.17) is 0 Å². The molecule has 0 bridgehead atoms. The summed E-state index contributed by atoms with van der Waals surface area (Å²) in [6.07, 6.45) is 4.28. The van der Waals surface area contributed by atoms with E-state index in [2.05, 4.69) is 17.4 Å². The van der Waals surface area contributed by atoms with Crippen LogP contribution in [0.3, 0.4) is 0 Å². The van der Waals surface area contributed by atoms with Gasteiger partial charge in [-0.25, -0.2) is 0 Å². The fourth-order valence-electron chi connectivity index (χ4n) is 3.33. The summed E-state index contributed by atoms with van der Waals surface area (Å²) < 4.78 is 0. The highest BCUT2D eigenvalue weighted by molar-refractivity contribution is 5.94. The summed E-state index contributed by atoms with van der Waals surface area (Å²) in [5.41, 5.74) is 2.80. The summed E-state index contributed by atoms with van der Waals surface area (Å²) in [6.45, 7) is 0.711. The van der Waals surface area contributed by atoms with Gasteiger partial charge in [0.1, 0.15) is 0 Å². The van der Waals surface area contributed by atoms with E-state index in [1.165, 1.54) is 0 Å². The summed E-state index contributed by atoms with van der Waals surface area (Å²) >= 11 is 0. The van der Waals surface area contributed by atoms with E-state index in [0.717, 1.165) is 36.8 Å². The molecule has 0 heterocycles. The zero-order valence-corrected chi connectivity index (χ0v) is 13.3. The minimum atomic E-state index is -0.111. The summed E-state index contributed by atoms with van der Waals surface area (Å²) in [7, 11) is 0. The molecule has 0 atom stereocenters. The van der Waals surface area contributed by atoms with Crippen molar-refractivity contribution in [1.82, 2.24) is 5.32 Å². The van der Waals surface area contributed by atoms with Gasteiger partial charge in [-0.05, 0) is 36.1 Å². The highest BCUT2D eigenvalue weighted by Gasteiger charge is 2.33. The molecule has 120 valence electrons. The molecule has 3 heteroatoms. The largest absolute Gasteiger partial charge is 0.396 e. The SMILES string of the molecule is O=C(NCC1(CO)CCCC1)c1ccc(-c2ccccc2)cc1. The molecule has 1 fully saturated rings. The maximum Gasteiger partial charge on any atom is 0.251 e. The van der Waals surface area contributed by atoms with Crippen molar-refractivity contribution in [2.75, 3.05) is 13.2 Å². The molecule has 0 aliphatic heterocycles. The van der Waals surface area contributed by atoms with Gasteiger partial charge in [-0.2, -0.15) is 0 Å². The van der Waals surface area contributed by atoms with Crippen molar-refractivity contribution in [3.8, 4) is 11.1 Å². The van der Waals surface area contributed by atoms with Gasteiger partial charge in [0.15, 0.2) is 0 Å². The lowest BCUT2D eigenvalue weighted by Gasteiger charge is -2.26. The van der Waals surface area contributed by atoms with E-state index in [1.807, 2.05) is 42.5 Å². The van der Waals surface area contributed by atoms with Gasteiger partial charge in [0, 0.05) is 17.5 Å². The molecule has 0 radical (unpaired) electrons. The monoisotopic (exact) mass is 309 g/mol. The van der Waals surface area contributed by atoms with Crippen molar-refractivity contribution in [3.63, 3.8) is 0 Å². The van der Waals surface area contributed by atoms with E-state index in [1.54, 1.807) is 0 Å². The van der Waals surface area contributed by atoms with Crippen LogP contribution >= 0.6 is 0 Å². The van der Waals surface area contributed by atoms with E-state index in [0.29, 0.717) is 12.1 Å². The Labute approximate surface area is 137 Å². The number of benzene rings is 2.